The van der Waals surface area contributed by atoms with Crippen LogP contribution in [0.25, 0.3) is 10.8 Å². The second kappa shape index (κ2) is 19.6. The zero-order chi connectivity index (χ0) is 56.3. The van der Waals surface area contributed by atoms with E-state index < -0.39 is 195 Å². The first-order valence-corrected chi connectivity index (χ1v) is 20.6. The Morgan fingerprint density at radius 3 is 0.827 bits per heavy atom. The lowest BCUT2D eigenvalue weighted by Crippen LogP contribution is -2.75. The number of hydrogen-bond donors (Lipinski definition) is 0. The number of aromatic nitrogens is 1. The summed E-state index contributed by atoms with van der Waals surface area (Å²) in [4.78, 5) is 0. The van der Waals surface area contributed by atoms with Crippen LogP contribution in [0, 0.1) is 5.82 Å². The van der Waals surface area contributed by atoms with Crippen molar-refractivity contribution < 1.29 is 114 Å². The highest BCUT2D eigenvalue weighted by molar-refractivity contribution is 7.20. The minimum atomic E-state index is -6.13. The maximum absolute atomic E-state index is 14.2. The van der Waals surface area contributed by atoms with E-state index in [-0.39, 0.29) is 5.82 Å². The molecule has 75 heavy (non-hydrogen) atoms. The van der Waals surface area contributed by atoms with Crippen molar-refractivity contribution in [3.8, 4) is 0 Å². The number of fused-ring (bicyclic) bond motifs is 1. The van der Waals surface area contributed by atoms with E-state index in [1.807, 2.05) is 41.2 Å². The number of pyridine rings is 1. The predicted molar refractivity (Wildman–Crippen MR) is 220 cm³/mol. The molecule has 0 fully saturated rings. The highest BCUT2D eigenvalue weighted by Crippen LogP contribution is 2.41. The molecular weight excluding hydrogens is 1080 g/mol. The van der Waals surface area contributed by atoms with Gasteiger partial charge in [-0.3, -0.25) is 0 Å². The summed E-state index contributed by atoms with van der Waals surface area (Å²) in [6.45, 7) is 0.553. The maximum atomic E-state index is 14.2. The molecule has 0 spiro atoms. The summed E-state index contributed by atoms with van der Waals surface area (Å²) in [7, 11) is 0. The van der Waals surface area contributed by atoms with Gasteiger partial charge in [-0.05, 0) is 47.9 Å². The van der Waals surface area contributed by atoms with Crippen molar-refractivity contribution in [1.29, 1.82) is 0 Å². The van der Waals surface area contributed by atoms with Crippen LogP contribution in [0.1, 0.15) is 50.1 Å². The number of rotatable bonds is 6. The molecule has 1 heterocycles. The molecule has 7 rings (SSSR count). The molecule has 0 radical (unpaired) electrons. The molecule has 7 aromatic rings. The van der Waals surface area contributed by atoms with Crippen LogP contribution in [-0.4, -0.2) is 6.15 Å². The van der Waals surface area contributed by atoms with Gasteiger partial charge in [0.2, 0.25) is 0 Å². The van der Waals surface area contributed by atoms with Gasteiger partial charge in [0.1, 0.15) is 12.0 Å². The van der Waals surface area contributed by atoms with Gasteiger partial charge in [0, 0.05) is 11.5 Å². The minimum absolute atomic E-state index is 0.154. The third-order valence-corrected chi connectivity index (χ3v) is 11.5. The summed E-state index contributed by atoms with van der Waals surface area (Å²) in [5.74, 6) is -0.154. The van der Waals surface area contributed by atoms with Crippen LogP contribution < -0.4 is 26.4 Å². The normalized spacial score (nSPS) is 13.5. The zero-order valence-corrected chi connectivity index (χ0v) is 36.5. The Morgan fingerprint density at radius 2 is 0.560 bits per heavy atom. The second-order valence-corrected chi connectivity index (χ2v) is 16.6. The van der Waals surface area contributed by atoms with Gasteiger partial charge in [0.25, 0.3) is 0 Å². The number of benzene rings is 6. The molecule has 0 atom stereocenters. The van der Waals surface area contributed by atoms with E-state index in [0.717, 1.165) is 5.39 Å². The van der Waals surface area contributed by atoms with E-state index in [1.54, 1.807) is 6.07 Å². The fourth-order valence-corrected chi connectivity index (χ4v) is 8.17. The van der Waals surface area contributed by atoms with Crippen LogP contribution in [-0.2, 0) is 56.0 Å². The quantitative estimate of drug-likeness (QED) is 0.0888. The van der Waals surface area contributed by atoms with Gasteiger partial charge in [-0.15, -0.1) is 0 Å². The van der Waals surface area contributed by atoms with E-state index in [2.05, 4.69) is 18.2 Å². The van der Waals surface area contributed by atoms with Crippen LogP contribution in [0.3, 0.4) is 0 Å². The summed E-state index contributed by atoms with van der Waals surface area (Å²) < 4.78 is 356. The second-order valence-electron chi connectivity index (χ2n) is 16.6. The maximum Gasteiger partial charge on any atom is 0.416 e. The summed E-state index contributed by atoms with van der Waals surface area (Å²) in [5, 5.41) is 2.36. The number of hydrogen-bond acceptors (Lipinski definition) is 0. The molecule has 0 aliphatic carbocycles. The smallest absolute Gasteiger partial charge is 0.206 e. The molecule has 0 unspecified atom stereocenters. The van der Waals surface area contributed by atoms with E-state index in [9.17, 15) is 110 Å². The summed E-state index contributed by atoms with van der Waals surface area (Å²) in [5.41, 5.74) is -29.5. The van der Waals surface area contributed by atoms with Gasteiger partial charge in [-0.2, -0.15) is 127 Å². The van der Waals surface area contributed by atoms with Crippen molar-refractivity contribution in [3.63, 3.8) is 0 Å². The molecular formula is C48H25BF25N. The lowest BCUT2D eigenvalue weighted by atomic mass is 9.12. The van der Waals surface area contributed by atoms with Gasteiger partial charge < -0.3 is 0 Å². The van der Waals surface area contributed by atoms with Gasteiger partial charge in [0.15, 0.2) is 18.9 Å². The van der Waals surface area contributed by atoms with E-state index in [4.69, 9.17) is 0 Å². The molecule has 0 aliphatic rings. The topological polar surface area (TPSA) is 3.88 Å². The predicted octanol–water partition coefficient (Wildman–Crippen LogP) is 14.5. The van der Waals surface area contributed by atoms with Gasteiger partial charge >= 0.3 is 49.4 Å². The Kier molecular flexibility index (Phi) is 15.0. The summed E-state index contributed by atoms with van der Waals surface area (Å²) in [6.07, 6.45) is -50.8. The molecule has 0 aliphatic heterocycles. The Balaban J connectivity index is 0.000000421. The molecule has 0 N–H and O–H groups in total. The number of nitrogens with zero attached hydrogens (tertiary/aromatic N) is 1. The van der Waals surface area contributed by atoms with Crippen molar-refractivity contribution in [3.05, 3.63) is 196 Å². The zero-order valence-electron chi connectivity index (χ0n) is 36.5. The van der Waals surface area contributed by atoms with Gasteiger partial charge in [-0.1, -0.05) is 78.9 Å². The molecule has 6 aromatic carbocycles. The van der Waals surface area contributed by atoms with E-state index >= 15 is 0 Å². The van der Waals surface area contributed by atoms with Crippen LogP contribution in [0.5, 0.6) is 0 Å². The average Bonchev–Trinajstić information content (AvgIpc) is 3.27. The Hall–Kier alpha value is -6.96. The SMILES string of the molecule is FC(F)(F)c1cc([B-](c2cc(C(F)(F)F)cc(C(F)(F)F)c2)(c2cc(C(F)(F)F)cc(C(F)(F)F)c2)c2cc(C(F)(F)F)cc(C(F)(F)F)c2)cc(C(F)(F)F)c1.Fc1ccccc1C[n+]1ccc2ccccc2c1. The average molecular weight is 1100 g/mol. The van der Waals surface area contributed by atoms with Gasteiger partial charge in [0.05, 0.1) is 50.1 Å². The molecule has 0 amide bonds. The van der Waals surface area contributed by atoms with Crippen LogP contribution in [0.15, 0.2) is 140 Å². The first-order valence-electron chi connectivity index (χ1n) is 20.6. The number of alkyl halides is 24. The third-order valence-electron chi connectivity index (χ3n) is 11.5. The summed E-state index contributed by atoms with van der Waals surface area (Å²) >= 11 is 0. The Labute approximate surface area is 404 Å². The first kappa shape index (κ1) is 57.3. The lowest BCUT2D eigenvalue weighted by Gasteiger charge is -2.46. The van der Waals surface area contributed by atoms with Crippen LogP contribution in [0.4, 0.5) is 110 Å². The largest absolute Gasteiger partial charge is 0.416 e. The van der Waals surface area contributed by atoms with E-state index in [1.165, 1.54) is 11.5 Å². The van der Waals surface area contributed by atoms with Crippen molar-refractivity contribution in [2.75, 3.05) is 0 Å². The standard InChI is InChI=1S/C32H12BF24.C16H13FN/c34-25(35,36)13-1-14(26(37,38)39)6-21(5-13)33(22-7-15(27(40,41)42)2-16(8-22)28(43,44)45,23-9-17(29(46,47)48)3-18(10-23)30(49,50)51)24-11-19(31(52,53)54)4-20(12-24)32(55,56)57;17-16-8-4-3-7-15(16)12-18-10-9-13-5-1-2-6-14(13)11-18/h1-12H;1-11H,12H2/q-1;+1. The van der Waals surface area contributed by atoms with Gasteiger partial charge in [-0.25, -0.2) is 8.96 Å². The molecule has 400 valence electrons. The third kappa shape index (κ3) is 12.9. The lowest BCUT2D eigenvalue weighted by molar-refractivity contribution is -0.687. The first-order chi connectivity index (χ1) is 34.1. The van der Waals surface area contributed by atoms with Crippen LogP contribution in [0.2, 0.25) is 0 Å². The van der Waals surface area contributed by atoms with Crippen LogP contribution >= 0.6 is 0 Å². The minimum Gasteiger partial charge on any atom is -0.206 e. The Morgan fingerprint density at radius 1 is 0.307 bits per heavy atom. The van der Waals surface area contributed by atoms with E-state index in [0.29, 0.717) is 12.1 Å². The monoisotopic (exact) mass is 1100 g/mol. The molecule has 1 nitrogen and oxygen atoms in total. The molecule has 0 saturated carbocycles. The Bertz CT molecular complexity index is 2770. The molecule has 0 bridgehead atoms. The van der Waals surface area contributed by atoms with Crippen molar-refractivity contribution >= 4 is 38.8 Å². The molecule has 0 saturated heterocycles. The van der Waals surface area contributed by atoms with Crippen molar-refractivity contribution in [1.82, 2.24) is 0 Å². The van der Waals surface area contributed by atoms with Crippen molar-refractivity contribution in [2.24, 2.45) is 0 Å². The molecule has 1 aromatic heterocycles. The van der Waals surface area contributed by atoms with Crippen molar-refractivity contribution in [2.45, 2.75) is 56.0 Å². The highest BCUT2D eigenvalue weighted by atomic mass is 19.4. The number of halogens is 25. The molecule has 27 heteroatoms. The summed E-state index contributed by atoms with van der Waals surface area (Å²) in [6, 6.07) is 8.29. The highest BCUT2D eigenvalue weighted by Gasteiger charge is 2.47. The fourth-order valence-electron chi connectivity index (χ4n) is 8.17. The fraction of sp³-hybridized carbons (Fsp3) is 0.188.